The van der Waals surface area contributed by atoms with Crippen molar-refractivity contribution in [1.82, 2.24) is 14.9 Å². The van der Waals surface area contributed by atoms with E-state index in [1.165, 1.54) is 19.4 Å². The molecule has 1 aromatic rings. The summed E-state index contributed by atoms with van der Waals surface area (Å²) >= 11 is 0.728. The first-order valence-corrected chi connectivity index (χ1v) is 4.82. The molecule has 6 nitrogen and oxygen atoms in total. The summed E-state index contributed by atoms with van der Waals surface area (Å²) in [6.45, 7) is 0. The number of rotatable bonds is 2. The fourth-order valence-electron chi connectivity index (χ4n) is 0.917. The molecule has 1 amide bonds. The molecule has 0 atom stereocenters. The normalized spacial score (nSPS) is 17.3. The summed E-state index contributed by atoms with van der Waals surface area (Å²) in [7, 11) is 1.46. The molecular weight excluding hydrogens is 218 g/mol. The van der Waals surface area contributed by atoms with Crippen molar-refractivity contribution < 1.29 is 14.3 Å². The molecular formula is C8H6N3O3S. The molecule has 15 heavy (non-hydrogen) atoms. The SMILES string of the molecule is CN1[C](Oc2ncccn2)SC(=O)C1=O. The molecule has 1 aliphatic rings. The molecule has 0 unspecified atom stereocenters. The first-order chi connectivity index (χ1) is 7.18. The van der Waals surface area contributed by atoms with Gasteiger partial charge in [-0.05, 0) is 6.07 Å². The Bertz CT molecular complexity index is 397. The predicted molar refractivity (Wildman–Crippen MR) is 51.3 cm³/mol. The quantitative estimate of drug-likeness (QED) is 0.660. The Hall–Kier alpha value is -1.63. The van der Waals surface area contributed by atoms with Crippen LogP contribution in [-0.4, -0.2) is 32.9 Å². The summed E-state index contributed by atoms with van der Waals surface area (Å²) < 4.78 is 5.17. The van der Waals surface area contributed by atoms with Gasteiger partial charge in [-0.1, -0.05) is 0 Å². The van der Waals surface area contributed by atoms with Gasteiger partial charge in [0.15, 0.2) is 0 Å². The van der Waals surface area contributed by atoms with Crippen LogP contribution in [0.5, 0.6) is 6.01 Å². The van der Waals surface area contributed by atoms with E-state index in [9.17, 15) is 9.59 Å². The lowest BCUT2D eigenvalue weighted by Crippen LogP contribution is -2.27. The van der Waals surface area contributed by atoms with Crippen molar-refractivity contribution in [2.75, 3.05) is 7.05 Å². The lowest BCUT2D eigenvalue weighted by molar-refractivity contribution is -0.138. The molecule has 0 saturated carbocycles. The molecule has 0 aromatic carbocycles. The second-order valence-corrected chi connectivity index (χ2v) is 3.58. The third-order valence-electron chi connectivity index (χ3n) is 1.65. The maximum atomic E-state index is 11.1. The van der Waals surface area contributed by atoms with Crippen LogP contribution in [0.4, 0.5) is 0 Å². The van der Waals surface area contributed by atoms with Crippen molar-refractivity contribution in [1.29, 1.82) is 0 Å². The highest BCUT2D eigenvalue weighted by Crippen LogP contribution is 2.32. The second kappa shape index (κ2) is 3.85. The van der Waals surface area contributed by atoms with Gasteiger partial charge in [0.25, 0.3) is 5.12 Å². The minimum absolute atomic E-state index is 0.106. The Morgan fingerprint density at radius 1 is 1.33 bits per heavy atom. The number of carbonyl (C=O) groups excluding carboxylic acids is 2. The number of likely N-dealkylation sites (N-methyl/N-ethyl adjacent to an activating group) is 1. The third kappa shape index (κ3) is 1.91. The number of ether oxygens (including phenoxy) is 1. The number of hydrogen-bond donors (Lipinski definition) is 0. The first-order valence-electron chi connectivity index (χ1n) is 4.00. The van der Waals surface area contributed by atoms with E-state index in [1.54, 1.807) is 6.07 Å². The Morgan fingerprint density at radius 3 is 2.53 bits per heavy atom. The standard InChI is InChI=1S/C8H6N3O3S/c1-11-5(12)6(13)15-8(11)14-7-9-3-2-4-10-7/h2-4H,1H3. The van der Waals surface area contributed by atoms with Gasteiger partial charge in [0.2, 0.25) is 0 Å². The number of nitrogens with zero attached hydrogens (tertiary/aromatic N) is 3. The van der Waals surface area contributed by atoms with Crippen LogP contribution in [0, 0.1) is 5.56 Å². The van der Waals surface area contributed by atoms with E-state index < -0.39 is 11.0 Å². The van der Waals surface area contributed by atoms with Crippen LogP contribution in [0.2, 0.25) is 0 Å². The van der Waals surface area contributed by atoms with E-state index in [2.05, 4.69) is 9.97 Å². The smallest absolute Gasteiger partial charge is 0.319 e. The summed E-state index contributed by atoms with van der Waals surface area (Å²) in [5, 5.41) is -0.566. The van der Waals surface area contributed by atoms with Crippen molar-refractivity contribution in [3.63, 3.8) is 0 Å². The van der Waals surface area contributed by atoms with Crippen molar-refractivity contribution >= 4 is 22.8 Å². The van der Waals surface area contributed by atoms with Gasteiger partial charge < -0.3 is 4.74 Å². The van der Waals surface area contributed by atoms with E-state index >= 15 is 0 Å². The molecule has 1 aromatic heterocycles. The predicted octanol–water partition coefficient (Wildman–Crippen LogP) is 0.0342. The van der Waals surface area contributed by atoms with Crippen molar-refractivity contribution in [2.45, 2.75) is 0 Å². The third-order valence-corrected chi connectivity index (χ3v) is 2.55. The largest absolute Gasteiger partial charge is 0.419 e. The van der Waals surface area contributed by atoms with Crippen LogP contribution in [0.1, 0.15) is 0 Å². The van der Waals surface area contributed by atoms with Gasteiger partial charge in [0.05, 0.1) is 0 Å². The van der Waals surface area contributed by atoms with Crippen LogP contribution in [0.25, 0.3) is 0 Å². The van der Waals surface area contributed by atoms with E-state index in [0.717, 1.165) is 16.7 Å². The molecule has 2 heterocycles. The van der Waals surface area contributed by atoms with Crippen LogP contribution < -0.4 is 4.74 Å². The zero-order valence-corrected chi connectivity index (χ0v) is 8.52. The maximum absolute atomic E-state index is 11.1. The van der Waals surface area contributed by atoms with E-state index in [4.69, 9.17) is 4.74 Å². The lowest BCUT2D eigenvalue weighted by Gasteiger charge is -2.14. The molecule has 1 aliphatic heterocycles. The molecule has 2 rings (SSSR count). The molecule has 0 bridgehead atoms. The van der Waals surface area contributed by atoms with E-state index in [-0.39, 0.29) is 11.6 Å². The molecule has 0 spiro atoms. The van der Waals surface area contributed by atoms with Crippen LogP contribution >= 0.6 is 11.8 Å². The van der Waals surface area contributed by atoms with Gasteiger partial charge >= 0.3 is 17.5 Å². The average molecular weight is 224 g/mol. The summed E-state index contributed by atoms with van der Waals surface area (Å²) in [4.78, 5) is 30.9. The number of thioether (sulfide) groups is 1. The molecule has 1 radical (unpaired) electrons. The highest BCUT2D eigenvalue weighted by atomic mass is 32.2. The van der Waals surface area contributed by atoms with Crippen molar-refractivity contribution in [3.05, 3.63) is 24.0 Å². The van der Waals surface area contributed by atoms with Crippen LogP contribution in [0.3, 0.4) is 0 Å². The minimum Gasteiger partial charge on any atom is -0.419 e. The number of amides is 1. The Kier molecular flexibility index (Phi) is 2.55. The molecule has 77 valence electrons. The lowest BCUT2D eigenvalue weighted by atomic mass is 10.6. The summed E-state index contributed by atoms with van der Waals surface area (Å²) in [5.41, 5.74) is 0.177. The van der Waals surface area contributed by atoms with Gasteiger partial charge in [-0.15, -0.1) is 0 Å². The Balaban J connectivity index is 2.08. The fraction of sp³-hybridized carbons (Fsp3) is 0.125. The van der Waals surface area contributed by atoms with Crippen LogP contribution in [0.15, 0.2) is 18.5 Å². The average Bonchev–Trinajstić information content (AvgIpc) is 2.48. The van der Waals surface area contributed by atoms with Crippen molar-refractivity contribution in [3.8, 4) is 6.01 Å². The van der Waals surface area contributed by atoms with Gasteiger partial charge in [-0.3, -0.25) is 14.5 Å². The Labute approximate surface area is 89.6 Å². The molecule has 7 heteroatoms. The molecule has 1 fully saturated rings. The van der Waals surface area contributed by atoms with Crippen LogP contribution in [-0.2, 0) is 9.59 Å². The second-order valence-electron chi connectivity index (χ2n) is 2.65. The highest BCUT2D eigenvalue weighted by molar-refractivity contribution is 8.18. The summed E-state index contributed by atoms with van der Waals surface area (Å²) in [5.74, 6) is -0.606. The minimum atomic E-state index is -0.606. The van der Waals surface area contributed by atoms with Gasteiger partial charge in [0.1, 0.15) is 0 Å². The molecule has 0 aliphatic carbocycles. The number of aromatic nitrogens is 2. The number of hydrogen-bond acceptors (Lipinski definition) is 6. The summed E-state index contributed by atoms with van der Waals surface area (Å²) in [6, 6.07) is 1.74. The zero-order chi connectivity index (χ0) is 10.8. The topological polar surface area (TPSA) is 72.4 Å². The highest BCUT2D eigenvalue weighted by Gasteiger charge is 2.40. The van der Waals surface area contributed by atoms with Gasteiger partial charge in [-0.2, -0.15) is 0 Å². The van der Waals surface area contributed by atoms with E-state index in [0.29, 0.717) is 0 Å². The first kappa shape index (κ1) is 9.91. The molecule has 1 saturated heterocycles. The van der Waals surface area contributed by atoms with E-state index in [1.807, 2.05) is 0 Å². The fourth-order valence-corrected chi connectivity index (χ4v) is 1.64. The zero-order valence-electron chi connectivity index (χ0n) is 7.71. The monoisotopic (exact) mass is 224 g/mol. The van der Waals surface area contributed by atoms with Gasteiger partial charge in [-0.25, -0.2) is 9.97 Å². The molecule has 0 N–H and O–H groups in total. The van der Waals surface area contributed by atoms with Crippen molar-refractivity contribution in [2.24, 2.45) is 0 Å². The number of carbonyl (C=O) groups is 2. The van der Waals surface area contributed by atoms with Gasteiger partial charge in [0, 0.05) is 31.2 Å². The Morgan fingerprint density at radius 2 is 2.00 bits per heavy atom. The summed E-state index contributed by atoms with van der Waals surface area (Å²) in [6.07, 6.45) is 3.01. The maximum Gasteiger partial charge on any atom is 0.319 e.